The van der Waals surface area contributed by atoms with Crippen molar-refractivity contribution in [2.24, 2.45) is 16.8 Å². The van der Waals surface area contributed by atoms with Gasteiger partial charge < -0.3 is 14.2 Å². The lowest BCUT2D eigenvalue weighted by Crippen LogP contribution is -2.42. The van der Waals surface area contributed by atoms with Gasteiger partial charge in [0.15, 0.2) is 0 Å². The van der Waals surface area contributed by atoms with Gasteiger partial charge >= 0.3 is 17.9 Å². The first kappa shape index (κ1) is 20.3. The third-order valence-corrected chi connectivity index (χ3v) is 4.21. The van der Waals surface area contributed by atoms with Gasteiger partial charge in [-0.3, -0.25) is 14.6 Å². The number of allylic oxidation sites excluding steroid dienone is 1. The van der Waals surface area contributed by atoms with Crippen molar-refractivity contribution in [3.05, 3.63) is 46.9 Å². The number of halogens is 1. The summed E-state index contributed by atoms with van der Waals surface area (Å²) in [5, 5.41) is 0. The highest BCUT2D eigenvalue weighted by Gasteiger charge is 2.46. The predicted molar refractivity (Wildman–Crippen MR) is 93.0 cm³/mol. The summed E-state index contributed by atoms with van der Waals surface area (Å²) in [5.74, 6) is -5.20. The molecule has 27 heavy (non-hydrogen) atoms. The van der Waals surface area contributed by atoms with Crippen molar-refractivity contribution >= 4 is 23.6 Å². The maximum atomic E-state index is 13.3. The van der Waals surface area contributed by atoms with E-state index in [2.05, 4.69) is 4.99 Å². The molecule has 8 heteroatoms. The largest absolute Gasteiger partial charge is 0.468 e. The fourth-order valence-corrected chi connectivity index (χ4v) is 2.97. The van der Waals surface area contributed by atoms with Crippen LogP contribution >= 0.6 is 0 Å². The number of esters is 3. The average Bonchev–Trinajstić information content (AvgIpc) is 2.64. The standard InChI is InChI=1S/C19H20FNO6/c1-10-14(17(22)25-3)16(15(11(2)21-10)18(23)26-4)19(24)27-9-12-6-5-7-13(20)8-12/h5-8,14,16H,9H2,1-4H3/t14?,16-/m0/s1. The maximum absolute atomic E-state index is 13.3. The molecule has 0 radical (unpaired) electrons. The highest BCUT2D eigenvalue weighted by Crippen LogP contribution is 2.33. The molecule has 0 saturated carbocycles. The number of methoxy groups -OCH3 is 2. The van der Waals surface area contributed by atoms with E-state index < -0.39 is 35.6 Å². The molecular weight excluding hydrogens is 357 g/mol. The zero-order chi connectivity index (χ0) is 20.1. The number of hydrogen-bond acceptors (Lipinski definition) is 7. The molecule has 7 nitrogen and oxygen atoms in total. The Morgan fingerprint density at radius 2 is 1.78 bits per heavy atom. The normalized spacial score (nSPS) is 19.2. The number of carbonyl (C=O) groups is 3. The summed E-state index contributed by atoms with van der Waals surface area (Å²) in [6.07, 6.45) is 0. The first-order valence-corrected chi connectivity index (χ1v) is 8.13. The number of nitrogens with zero attached hydrogens (tertiary/aromatic N) is 1. The smallest absolute Gasteiger partial charge is 0.336 e. The van der Waals surface area contributed by atoms with Crippen LogP contribution in [0.25, 0.3) is 0 Å². The summed E-state index contributed by atoms with van der Waals surface area (Å²) < 4.78 is 28.1. The second-order valence-corrected chi connectivity index (χ2v) is 5.96. The Kier molecular flexibility index (Phi) is 6.44. The highest BCUT2D eigenvalue weighted by atomic mass is 19.1. The topological polar surface area (TPSA) is 91.3 Å². The van der Waals surface area contributed by atoms with Crippen molar-refractivity contribution in [2.45, 2.75) is 20.5 Å². The average molecular weight is 377 g/mol. The molecule has 1 aliphatic rings. The SMILES string of the molecule is COC(=O)C1=C(C)N=C(C)C(C(=O)OC)[C@@H]1C(=O)OCc1cccc(F)c1. The maximum Gasteiger partial charge on any atom is 0.336 e. The minimum Gasteiger partial charge on any atom is -0.468 e. The van der Waals surface area contributed by atoms with Gasteiger partial charge in [-0.05, 0) is 31.5 Å². The molecule has 0 aliphatic carbocycles. The van der Waals surface area contributed by atoms with Gasteiger partial charge in [-0.15, -0.1) is 0 Å². The summed E-state index contributed by atoms with van der Waals surface area (Å²) in [5.41, 5.74) is 0.939. The van der Waals surface area contributed by atoms with E-state index in [0.717, 1.165) is 7.11 Å². The van der Waals surface area contributed by atoms with Gasteiger partial charge in [0.1, 0.15) is 24.3 Å². The van der Waals surface area contributed by atoms with Crippen LogP contribution in [0.2, 0.25) is 0 Å². The fourth-order valence-electron chi connectivity index (χ4n) is 2.97. The summed E-state index contributed by atoms with van der Waals surface area (Å²) in [7, 11) is 2.34. The summed E-state index contributed by atoms with van der Waals surface area (Å²) in [6.45, 7) is 2.88. The zero-order valence-corrected chi connectivity index (χ0v) is 15.4. The molecule has 1 heterocycles. The van der Waals surface area contributed by atoms with Gasteiger partial charge in [-0.2, -0.15) is 0 Å². The molecule has 0 amide bonds. The Morgan fingerprint density at radius 1 is 1.07 bits per heavy atom. The van der Waals surface area contributed by atoms with E-state index in [1.807, 2.05) is 0 Å². The molecule has 0 N–H and O–H groups in total. The summed E-state index contributed by atoms with van der Waals surface area (Å²) in [6, 6.07) is 5.56. The van der Waals surface area contributed by atoms with Crippen molar-refractivity contribution in [1.82, 2.24) is 0 Å². The first-order valence-electron chi connectivity index (χ1n) is 8.13. The molecule has 1 aromatic carbocycles. The van der Waals surface area contributed by atoms with Crippen LogP contribution in [0, 0.1) is 17.7 Å². The van der Waals surface area contributed by atoms with Gasteiger partial charge in [0, 0.05) is 11.4 Å². The van der Waals surface area contributed by atoms with E-state index in [4.69, 9.17) is 14.2 Å². The predicted octanol–water partition coefficient (Wildman–Crippen LogP) is 2.20. The number of benzene rings is 1. The molecule has 0 spiro atoms. The Labute approximate surface area is 155 Å². The Morgan fingerprint density at radius 3 is 2.37 bits per heavy atom. The highest BCUT2D eigenvalue weighted by molar-refractivity contribution is 6.10. The van der Waals surface area contributed by atoms with E-state index in [-0.39, 0.29) is 17.9 Å². The van der Waals surface area contributed by atoms with E-state index in [1.165, 1.54) is 32.2 Å². The molecule has 1 aromatic rings. The second kappa shape index (κ2) is 8.57. The van der Waals surface area contributed by atoms with Crippen molar-refractivity contribution < 1.29 is 33.0 Å². The van der Waals surface area contributed by atoms with Crippen LogP contribution in [0.15, 0.2) is 40.5 Å². The quantitative estimate of drug-likeness (QED) is 0.577. The molecular formula is C19H20FNO6. The van der Waals surface area contributed by atoms with Crippen LogP contribution in [0.1, 0.15) is 19.4 Å². The van der Waals surface area contributed by atoms with E-state index in [9.17, 15) is 18.8 Å². The van der Waals surface area contributed by atoms with Crippen LogP contribution in [-0.4, -0.2) is 37.8 Å². The van der Waals surface area contributed by atoms with Crippen molar-refractivity contribution in [3.8, 4) is 0 Å². The van der Waals surface area contributed by atoms with Crippen LogP contribution in [-0.2, 0) is 35.2 Å². The molecule has 0 bridgehead atoms. The van der Waals surface area contributed by atoms with Gasteiger partial charge in [-0.25, -0.2) is 9.18 Å². The first-order chi connectivity index (χ1) is 12.8. The second-order valence-electron chi connectivity index (χ2n) is 5.96. The molecule has 0 saturated heterocycles. The molecule has 2 atom stereocenters. The Bertz CT molecular complexity index is 829. The van der Waals surface area contributed by atoms with E-state index in [0.29, 0.717) is 11.3 Å². The van der Waals surface area contributed by atoms with Crippen LogP contribution in [0.3, 0.4) is 0 Å². The third-order valence-electron chi connectivity index (χ3n) is 4.21. The zero-order valence-electron chi connectivity index (χ0n) is 15.4. The number of rotatable bonds is 5. The Hall–Kier alpha value is -3.03. The van der Waals surface area contributed by atoms with Gasteiger partial charge in [0.2, 0.25) is 0 Å². The van der Waals surface area contributed by atoms with Gasteiger partial charge in [0.05, 0.1) is 19.8 Å². The lowest BCUT2D eigenvalue weighted by Gasteiger charge is -2.29. The lowest BCUT2D eigenvalue weighted by molar-refractivity contribution is -0.157. The third kappa shape index (κ3) is 4.39. The van der Waals surface area contributed by atoms with Crippen molar-refractivity contribution in [1.29, 1.82) is 0 Å². The molecule has 2 rings (SSSR count). The molecule has 0 fully saturated rings. The molecule has 0 aromatic heterocycles. The van der Waals surface area contributed by atoms with Gasteiger partial charge in [-0.1, -0.05) is 12.1 Å². The van der Waals surface area contributed by atoms with Crippen molar-refractivity contribution in [2.75, 3.05) is 14.2 Å². The number of carbonyl (C=O) groups excluding carboxylic acids is 3. The monoisotopic (exact) mass is 377 g/mol. The minimum absolute atomic E-state index is 0.0669. The lowest BCUT2D eigenvalue weighted by atomic mass is 9.80. The number of hydrogen-bond donors (Lipinski definition) is 0. The summed E-state index contributed by atoms with van der Waals surface area (Å²) in [4.78, 5) is 41.4. The minimum atomic E-state index is -1.27. The van der Waals surface area contributed by atoms with Crippen LogP contribution in [0.4, 0.5) is 4.39 Å². The summed E-state index contributed by atoms with van der Waals surface area (Å²) >= 11 is 0. The molecule has 144 valence electrons. The fraction of sp³-hybridized carbons (Fsp3) is 0.368. The van der Waals surface area contributed by atoms with Crippen LogP contribution in [0.5, 0.6) is 0 Å². The van der Waals surface area contributed by atoms with Crippen LogP contribution < -0.4 is 0 Å². The molecule has 1 unspecified atom stereocenters. The molecule has 1 aliphatic heterocycles. The van der Waals surface area contributed by atoms with E-state index >= 15 is 0 Å². The number of ether oxygens (including phenoxy) is 3. The van der Waals surface area contributed by atoms with Crippen molar-refractivity contribution in [3.63, 3.8) is 0 Å². The Balaban J connectivity index is 2.36. The number of aliphatic imine (C=N–C) groups is 1. The van der Waals surface area contributed by atoms with E-state index in [1.54, 1.807) is 13.0 Å². The van der Waals surface area contributed by atoms with Gasteiger partial charge in [0.25, 0.3) is 0 Å².